The zero-order chi connectivity index (χ0) is 53.1. The topological polar surface area (TPSA) is 225 Å². The fourth-order valence-electron chi connectivity index (χ4n) is 7.13. The molecule has 0 aliphatic carbocycles. The van der Waals surface area contributed by atoms with Crippen molar-refractivity contribution in [3.05, 3.63) is 60.8 Å². The monoisotopic (exact) mass is 1060 g/mol. The average Bonchev–Trinajstić information content (AvgIpc) is 3.36. The van der Waals surface area contributed by atoms with Gasteiger partial charge in [-0.25, -0.2) is 9.13 Å². The molecule has 5 atom stereocenters. The fourth-order valence-corrected chi connectivity index (χ4v) is 8.72. The number of esters is 2. The van der Waals surface area contributed by atoms with Gasteiger partial charge in [0.2, 0.25) is 0 Å². The Hall–Kier alpha value is -2.26. The number of rotatable bonds is 53. The molecule has 0 aromatic carbocycles. The van der Waals surface area contributed by atoms with E-state index in [1.165, 1.54) is 116 Å². The first-order valence-corrected chi connectivity index (χ1v) is 30.6. The quantitative estimate of drug-likeness (QED) is 0.0165. The molecule has 5 N–H and O–H groups in total. The molecule has 0 aliphatic heterocycles. The first kappa shape index (κ1) is 69.7. The molecular formula is C55H100O15P2. The molecule has 0 spiro atoms. The molecule has 0 heterocycles. The van der Waals surface area contributed by atoms with E-state index in [1.54, 1.807) is 0 Å². The Morgan fingerprint density at radius 2 is 0.597 bits per heavy atom. The normalized spacial score (nSPS) is 15.3. The molecular weight excluding hydrogens is 963 g/mol. The molecule has 0 fully saturated rings. The third kappa shape index (κ3) is 52.6. The highest BCUT2D eigenvalue weighted by molar-refractivity contribution is 7.47. The number of ether oxygens (including phenoxy) is 2. The molecule has 0 aromatic rings. The van der Waals surface area contributed by atoms with Crippen molar-refractivity contribution in [2.45, 2.75) is 238 Å². The van der Waals surface area contributed by atoms with Crippen LogP contribution in [0, 0.1) is 0 Å². The van der Waals surface area contributed by atoms with Crippen LogP contribution in [-0.2, 0) is 46.3 Å². The molecule has 15 nitrogen and oxygen atoms in total. The predicted molar refractivity (Wildman–Crippen MR) is 288 cm³/mol. The first-order chi connectivity index (χ1) is 34.8. The number of hydrogen-bond acceptors (Lipinski definition) is 13. The average molecular weight is 1060 g/mol. The highest BCUT2D eigenvalue weighted by Gasteiger charge is 2.28. The summed E-state index contributed by atoms with van der Waals surface area (Å²) in [5, 5.41) is 30.1. The summed E-state index contributed by atoms with van der Waals surface area (Å²) in [6.07, 6.45) is 52.0. The molecule has 17 heteroatoms. The Labute approximate surface area is 435 Å². The number of phosphoric acid groups is 2. The van der Waals surface area contributed by atoms with Gasteiger partial charge in [0.05, 0.1) is 26.4 Å². The van der Waals surface area contributed by atoms with E-state index in [-0.39, 0.29) is 12.8 Å². The van der Waals surface area contributed by atoms with Gasteiger partial charge < -0.3 is 34.6 Å². The Balaban J connectivity index is 3.86. The van der Waals surface area contributed by atoms with Gasteiger partial charge in [-0.2, -0.15) is 0 Å². The van der Waals surface area contributed by atoms with Crippen LogP contribution in [0.4, 0.5) is 0 Å². The van der Waals surface area contributed by atoms with Crippen molar-refractivity contribution in [1.82, 2.24) is 0 Å². The van der Waals surface area contributed by atoms with Crippen LogP contribution in [0.1, 0.15) is 219 Å². The van der Waals surface area contributed by atoms with E-state index in [4.69, 9.17) is 18.5 Å². The first-order valence-electron chi connectivity index (χ1n) is 27.6. The highest BCUT2D eigenvalue weighted by atomic mass is 31.2. The fraction of sp³-hybridized carbons (Fsp3) is 0.782. The molecule has 420 valence electrons. The summed E-state index contributed by atoms with van der Waals surface area (Å²) in [4.78, 5) is 43.9. The lowest BCUT2D eigenvalue weighted by atomic mass is 10.0. The van der Waals surface area contributed by atoms with E-state index < -0.39 is 85.5 Å². The van der Waals surface area contributed by atoms with Crippen LogP contribution in [0.2, 0.25) is 0 Å². The minimum Gasteiger partial charge on any atom is -0.463 e. The van der Waals surface area contributed by atoms with E-state index in [0.29, 0.717) is 12.8 Å². The van der Waals surface area contributed by atoms with Gasteiger partial charge in [0.1, 0.15) is 31.5 Å². The third-order valence-electron chi connectivity index (χ3n) is 11.4. The van der Waals surface area contributed by atoms with Crippen LogP contribution in [0.5, 0.6) is 0 Å². The van der Waals surface area contributed by atoms with Gasteiger partial charge >= 0.3 is 27.6 Å². The minimum absolute atomic E-state index is 0.157. The van der Waals surface area contributed by atoms with Crippen LogP contribution in [0.25, 0.3) is 0 Å². The summed E-state index contributed by atoms with van der Waals surface area (Å²) in [7, 11) is -9.59. The SMILES string of the molecule is CCCCC/C=C\C/C=C\C/C=C\C/C=C\CCCCCC(=O)OCC(O)COP(=O)(O)OCC(O)COP(=O)(O)OCC(O)COC(=O)CCCCCCCCCCCCC/C=C/CCCCCCCC. The largest absolute Gasteiger partial charge is 0.472 e. The maximum absolute atomic E-state index is 12.2. The van der Waals surface area contributed by atoms with Crippen LogP contribution in [0.15, 0.2) is 60.8 Å². The van der Waals surface area contributed by atoms with Crippen LogP contribution >= 0.6 is 15.6 Å². The van der Waals surface area contributed by atoms with Crippen molar-refractivity contribution in [3.63, 3.8) is 0 Å². The van der Waals surface area contributed by atoms with Crippen LogP contribution in [-0.4, -0.2) is 95.0 Å². The molecule has 0 amide bonds. The zero-order valence-corrected chi connectivity index (χ0v) is 46.4. The number of carbonyl (C=O) groups excluding carboxylic acids is 2. The molecule has 0 saturated heterocycles. The van der Waals surface area contributed by atoms with Crippen LogP contribution in [0.3, 0.4) is 0 Å². The summed E-state index contributed by atoms with van der Waals surface area (Å²) >= 11 is 0. The van der Waals surface area contributed by atoms with Crippen molar-refractivity contribution < 1.29 is 71.4 Å². The van der Waals surface area contributed by atoms with E-state index in [0.717, 1.165) is 64.2 Å². The second-order valence-corrected chi connectivity index (χ2v) is 21.5. The lowest BCUT2D eigenvalue weighted by Gasteiger charge is -2.19. The molecule has 0 aromatic heterocycles. The highest BCUT2D eigenvalue weighted by Crippen LogP contribution is 2.45. The third-order valence-corrected chi connectivity index (χ3v) is 13.3. The second kappa shape index (κ2) is 50.9. The number of unbranched alkanes of at least 4 members (excludes halogenated alkanes) is 23. The summed E-state index contributed by atoms with van der Waals surface area (Å²) in [5.41, 5.74) is 0. The Kier molecular flexibility index (Phi) is 49.3. The number of phosphoric ester groups is 2. The van der Waals surface area contributed by atoms with Gasteiger partial charge in [-0.05, 0) is 83.5 Å². The predicted octanol–water partition coefficient (Wildman–Crippen LogP) is 13.7. The minimum atomic E-state index is -4.80. The van der Waals surface area contributed by atoms with Gasteiger partial charge in [0.15, 0.2) is 0 Å². The van der Waals surface area contributed by atoms with E-state index >= 15 is 0 Å². The molecule has 0 bridgehead atoms. The molecule has 0 saturated carbocycles. The van der Waals surface area contributed by atoms with E-state index in [2.05, 4.69) is 83.7 Å². The van der Waals surface area contributed by atoms with Crippen molar-refractivity contribution in [2.75, 3.05) is 39.6 Å². The van der Waals surface area contributed by atoms with Crippen molar-refractivity contribution in [2.24, 2.45) is 0 Å². The molecule has 72 heavy (non-hydrogen) atoms. The van der Waals surface area contributed by atoms with Gasteiger partial charge in [0.25, 0.3) is 0 Å². The smallest absolute Gasteiger partial charge is 0.463 e. The van der Waals surface area contributed by atoms with Crippen molar-refractivity contribution >= 4 is 27.6 Å². The number of carbonyl (C=O) groups is 2. The Morgan fingerprint density at radius 3 is 0.944 bits per heavy atom. The van der Waals surface area contributed by atoms with Crippen molar-refractivity contribution in [1.29, 1.82) is 0 Å². The van der Waals surface area contributed by atoms with Crippen molar-refractivity contribution in [3.8, 4) is 0 Å². The van der Waals surface area contributed by atoms with Gasteiger partial charge in [0, 0.05) is 12.8 Å². The van der Waals surface area contributed by atoms with Gasteiger partial charge in [-0.3, -0.25) is 27.7 Å². The number of allylic oxidation sites excluding steroid dienone is 10. The maximum atomic E-state index is 12.2. The lowest BCUT2D eigenvalue weighted by Crippen LogP contribution is -2.25. The Morgan fingerprint density at radius 1 is 0.361 bits per heavy atom. The number of aliphatic hydroxyl groups excluding tert-OH is 3. The standard InChI is InChI=1S/C55H100O15P2/c1-3-5-7-9-11-13-15-17-19-21-23-24-26-28-30-32-34-36-38-40-42-44-55(60)66-46-52(57)48-68-72(63,64)70-50-53(58)49-69-71(61,62)67-47-51(56)45-65-54(59)43-41-39-37-35-33-31-29-27-25-22-20-18-16-14-12-10-8-6-4-2/h12,14,17-20,25,27,31,33,51-53,56-58H,3-11,13,15-16,21-24,26,28-30,32,34-50H2,1-2H3,(H,61,62)(H,63,64)/b14-12-,19-17+,20-18-,27-25-,33-31-. The summed E-state index contributed by atoms with van der Waals surface area (Å²) in [6.45, 7) is 0.376. The Bertz CT molecular complexity index is 1520. The second-order valence-electron chi connectivity index (χ2n) is 18.6. The summed E-state index contributed by atoms with van der Waals surface area (Å²) in [5.74, 6) is -1.02. The van der Waals surface area contributed by atoms with Crippen LogP contribution < -0.4 is 0 Å². The summed E-state index contributed by atoms with van der Waals surface area (Å²) in [6, 6.07) is 0. The number of hydrogen-bond donors (Lipinski definition) is 5. The van der Waals surface area contributed by atoms with Gasteiger partial charge in [-0.15, -0.1) is 0 Å². The lowest BCUT2D eigenvalue weighted by molar-refractivity contribution is -0.148. The maximum Gasteiger partial charge on any atom is 0.472 e. The van der Waals surface area contributed by atoms with E-state index in [1.807, 2.05) is 0 Å². The molecule has 0 radical (unpaired) electrons. The van der Waals surface area contributed by atoms with E-state index in [9.17, 15) is 43.8 Å². The number of aliphatic hydroxyl groups is 3. The summed E-state index contributed by atoms with van der Waals surface area (Å²) < 4.78 is 53.1. The zero-order valence-electron chi connectivity index (χ0n) is 44.6. The van der Waals surface area contributed by atoms with Gasteiger partial charge in [-0.1, -0.05) is 184 Å². The molecule has 5 unspecified atom stereocenters. The molecule has 0 aliphatic rings. The molecule has 0 rings (SSSR count).